The van der Waals surface area contributed by atoms with E-state index in [9.17, 15) is 14.7 Å². The van der Waals surface area contributed by atoms with E-state index < -0.39 is 17.2 Å². The number of hydrogen-bond donors (Lipinski definition) is 1. The second kappa shape index (κ2) is 10.3. The Hall–Kier alpha value is -3.14. The first-order valence-electron chi connectivity index (χ1n) is 11.9. The summed E-state index contributed by atoms with van der Waals surface area (Å²) in [5, 5.41) is 14.7. The Morgan fingerprint density at radius 3 is 2.49 bits per heavy atom. The van der Waals surface area contributed by atoms with Crippen LogP contribution in [0.1, 0.15) is 34.8 Å². The van der Waals surface area contributed by atoms with Gasteiger partial charge in [-0.25, -0.2) is 9.18 Å². The van der Waals surface area contributed by atoms with Gasteiger partial charge in [0.15, 0.2) is 0 Å². The van der Waals surface area contributed by atoms with Crippen molar-refractivity contribution in [2.45, 2.75) is 18.9 Å². The lowest BCUT2D eigenvalue weighted by molar-refractivity contribution is 0.0695. The second-order valence-corrected chi connectivity index (χ2v) is 10.1. The normalized spacial score (nSPS) is 16.9. The lowest BCUT2D eigenvalue weighted by Gasteiger charge is -2.36. The van der Waals surface area contributed by atoms with Crippen LogP contribution in [-0.4, -0.2) is 66.1 Å². The van der Waals surface area contributed by atoms with Crippen LogP contribution in [0.3, 0.4) is 0 Å². The van der Waals surface area contributed by atoms with Crippen molar-refractivity contribution in [3.8, 4) is 0 Å². The van der Waals surface area contributed by atoms with Gasteiger partial charge in [0.05, 0.1) is 16.2 Å². The zero-order chi connectivity index (χ0) is 26.3. The van der Waals surface area contributed by atoms with Gasteiger partial charge in [0.1, 0.15) is 24.2 Å². The molecule has 0 bridgehead atoms. The van der Waals surface area contributed by atoms with E-state index in [2.05, 4.69) is 10.1 Å². The van der Waals surface area contributed by atoms with Gasteiger partial charge in [0.2, 0.25) is 5.43 Å². The Kier molecular flexibility index (Phi) is 7.11. The highest BCUT2D eigenvalue weighted by molar-refractivity contribution is 6.37. The van der Waals surface area contributed by atoms with Crippen molar-refractivity contribution in [3.05, 3.63) is 73.7 Å². The Bertz CT molecular complexity index is 1460. The van der Waals surface area contributed by atoms with Crippen molar-refractivity contribution in [2.75, 3.05) is 44.7 Å². The third kappa shape index (κ3) is 5.16. The molecular weight excluding hydrogens is 522 g/mol. The summed E-state index contributed by atoms with van der Waals surface area (Å²) in [4.78, 5) is 33.5. The third-order valence-corrected chi connectivity index (χ3v) is 7.35. The SMILES string of the molecule is CO/N=C(\CN1CCN(c2cc3c(cc2F)c(=O)c(C(=O)O)cn3C2CC2)CC1)c1ccc(Cl)cc1Cl. The Morgan fingerprint density at radius 2 is 1.86 bits per heavy atom. The zero-order valence-corrected chi connectivity index (χ0v) is 21.6. The van der Waals surface area contributed by atoms with Crippen molar-refractivity contribution in [1.82, 2.24) is 9.47 Å². The smallest absolute Gasteiger partial charge is 0.341 e. The number of piperazine rings is 1. The van der Waals surface area contributed by atoms with Crippen molar-refractivity contribution in [2.24, 2.45) is 5.16 Å². The van der Waals surface area contributed by atoms with Gasteiger partial charge < -0.3 is 19.4 Å². The van der Waals surface area contributed by atoms with E-state index in [4.69, 9.17) is 28.0 Å². The average molecular weight is 547 g/mol. The van der Waals surface area contributed by atoms with Crippen molar-refractivity contribution < 1.29 is 19.1 Å². The van der Waals surface area contributed by atoms with Crippen LogP contribution in [0, 0.1) is 5.82 Å². The Balaban J connectivity index is 1.38. The predicted octanol–water partition coefficient (Wildman–Crippen LogP) is 4.65. The molecule has 1 aliphatic heterocycles. The first kappa shape index (κ1) is 25.5. The number of carboxylic acids is 1. The van der Waals surface area contributed by atoms with Gasteiger partial charge in [-0.2, -0.15) is 0 Å². The molecule has 0 radical (unpaired) electrons. The molecule has 3 aromatic rings. The monoisotopic (exact) mass is 546 g/mol. The average Bonchev–Trinajstić information content (AvgIpc) is 3.70. The summed E-state index contributed by atoms with van der Waals surface area (Å²) < 4.78 is 17.1. The van der Waals surface area contributed by atoms with E-state index in [1.165, 1.54) is 19.4 Å². The molecule has 0 amide bonds. The number of nitrogens with zero attached hydrogens (tertiary/aromatic N) is 4. The van der Waals surface area contributed by atoms with Gasteiger partial charge in [0, 0.05) is 60.9 Å². The van der Waals surface area contributed by atoms with Gasteiger partial charge in [-0.1, -0.05) is 28.4 Å². The summed E-state index contributed by atoms with van der Waals surface area (Å²) in [5.41, 5.74) is 1.35. The van der Waals surface area contributed by atoms with Gasteiger partial charge >= 0.3 is 5.97 Å². The molecule has 2 fully saturated rings. The highest BCUT2D eigenvalue weighted by Gasteiger charge is 2.29. The molecule has 37 heavy (non-hydrogen) atoms. The van der Waals surface area contributed by atoms with Gasteiger partial charge in [-0.3, -0.25) is 9.69 Å². The quantitative estimate of drug-likeness (QED) is 0.342. The second-order valence-electron chi connectivity index (χ2n) is 9.24. The molecule has 11 heteroatoms. The number of fused-ring (bicyclic) bond motifs is 1. The molecule has 2 aromatic carbocycles. The summed E-state index contributed by atoms with van der Waals surface area (Å²) in [5.74, 6) is -1.85. The molecule has 1 aromatic heterocycles. The summed E-state index contributed by atoms with van der Waals surface area (Å²) in [6.45, 7) is 2.87. The molecule has 2 heterocycles. The number of carboxylic acid groups (broad SMARTS) is 1. The molecule has 5 rings (SSSR count). The van der Waals surface area contributed by atoms with Crippen LogP contribution in [-0.2, 0) is 4.84 Å². The number of hydrogen-bond acceptors (Lipinski definition) is 6. The minimum Gasteiger partial charge on any atom is -0.477 e. The minimum atomic E-state index is -1.31. The third-order valence-electron chi connectivity index (χ3n) is 6.80. The summed E-state index contributed by atoms with van der Waals surface area (Å²) in [6.07, 6.45) is 3.18. The number of halogens is 3. The molecule has 1 saturated carbocycles. The number of aromatic nitrogens is 1. The molecule has 194 valence electrons. The van der Waals surface area contributed by atoms with E-state index in [0.717, 1.165) is 18.4 Å². The number of carbonyl (C=O) groups is 1. The van der Waals surface area contributed by atoms with Gasteiger partial charge in [-0.05, 0) is 43.2 Å². The van der Waals surface area contributed by atoms with E-state index in [1.807, 2.05) is 9.47 Å². The first-order chi connectivity index (χ1) is 17.8. The van der Waals surface area contributed by atoms with E-state index >= 15 is 4.39 Å². The Morgan fingerprint density at radius 1 is 1.14 bits per heavy atom. The fourth-order valence-electron chi connectivity index (χ4n) is 4.76. The van der Waals surface area contributed by atoms with Gasteiger partial charge in [-0.15, -0.1) is 0 Å². The largest absolute Gasteiger partial charge is 0.477 e. The van der Waals surface area contributed by atoms with Crippen molar-refractivity contribution >= 4 is 51.5 Å². The minimum absolute atomic E-state index is 0.0898. The van der Waals surface area contributed by atoms with Crippen LogP contribution in [0.25, 0.3) is 10.9 Å². The maximum Gasteiger partial charge on any atom is 0.341 e. The fraction of sp³-hybridized carbons (Fsp3) is 0.346. The highest BCUT2D eigenvalue weighted by Crippen LogP contribution is 2.38. The maximum absolute atomic E-state index is 15.3. The van der Waals surface area contributed by atoms with Crippen LogP contribution in [0.5, 0.6) is 0 Å². The van der Waals surface area contributed by atoms with Crippen molar-refractivity contribution in [3.63, 3.8) is 0 Å². The zero-order valence-electron chi connectivity index (χ0n) is 20.1. The van der Waals surface area contributed by atoms with E-state index in [-0.39, 0.29) is 17.0 Å². The van der Waals surface area contributed by atoms with Gasteiger partial charge in [0.25, 0.3) is 0 Å². The van der Waals surface area contributed by atoms with Crippen LogP contribution >= 0.6 is 23.2 Å². The highest BCUT2D eigenvalue weighted by atomic mass is 35.5. The predicted molar refractivity (Wildman–Crippen MR) is 142 cm³/mol. The topological polar surface area (TPSA) is 87.4 Å². The van der Waals surface area contributed by atoms with E-state index in [1.54, 1.807) is 24.3 Å². The van der Waals surface area contributed by atoms with Crippen LogP contribution in [0.2, 0.25) is 10.0 Å². The fourth-order valence-corrected chi connectivity index (χ4v) is 5.28. The molecule has 0 unspecified atom stereocenters. The molecule has 1 N–H and O–H groups in total. The summed E-state index contributed by atoms with van der Waals surface area (Å²) in [7, 11) is 1.48. The standard InChI is InChI=1S/C26H25Cl2FN4O4/c1-37-30-22(17-5-2-15(27)10-20(17)28)14-31-6-8-32(9-7-31)24-12-23-18(11-21(24)29)25(34)19(26(35)36)13-33(23)16-3-4-16/h2,5,10-13,16H,3-4,6-9,14H2,1H3,(H,35,36)/b30-22+. The lowest BCUT2D eigenvalue weighted by atomic mass is 10.1. The molecule has 1 aliphatic carbocycles. The number of benzene rings is 2. The maximum atomic E-state index is 15.3. The molecule has 2 aliphatic rings. The van der Waals surface area contributed by atoms with Crippen LogP contribution in [0.4, 0.5) is 10.1 Å². The first-order valence-corrected chi connectivity index (χ1v) is 12.7. The Labute approximate surface area is 222 Å². The molecular formula is C26H25Cl2FN4O4. The number of anilines is 1. The molecule has 8 nitrogen and oxygen atoms in total. The molecule has 0 spiro atoms. The van der Waals surface area contributed by atoms with Crippen molar-refractivity contribution in [1.29, 1.82) is 0 Å². The number of rotatable bonds is 7. The van der Waals surface area contributed by atoms with E-state index in [0.29, 0.717) is 59.7 Å². The number of oxime groups is 1. The molecule has 0 atom stereocenters. The lowest BCUT2D eigenvalue weighted by Crippen LogP contribution is -2.48. The van der Waals surface area contributed by atoms with Crippen LogP contribution < -0.4 is 10.3 Å². The number of pyridine rings is 1. The summed E-state index contributed by atoms with van der Waals surface area (Å²) in [6, 6.07) is 8.18. The molecule has 1 saturated heterocycles. The summed E-state index contributed by atoms with van der Waals surface area (Å²) >= 11 is 12.4. The number of aromatic carboxylic acids is 1. The van der Waals surface area contributed by atoms with Crippen LogP contribution in [0.15, 0.2) is 46.5 Å².